The van der Waals surface area contributed by atoms with Crippen molar-refractivity contribution in [3.8, 4) is 5.75 Å². The van der Waals surface area contributed by atoms with Crippen LogP contribution in [0.5, 0.6) is 5.75 Å². The lowest BCUT2D eigenvalue weighted by molar-refractivity contribution is -0.133. The van der Waals surface area contributed by atoms with Crippen molar-refractivity contribution in [2.75, 3.05) is 13.7 Å². The Kier molecular flexibility index (Phi) is 6.52. The molecule has 4 heteroatoms. The third kappa shape index (κ3) is 5.61. The van der Waals surface area contributed by atoms with E-state index in [0.717, 1.165) is 18.6 Å². The molecule has 0 aliphatic rings. The first-order valence-electron chi connectivity index (χ1n) is 7.13. The Morgan fingerprint density at radius 2 is 1.85 bits per heavy atom. The molecule has 0 bridgehead atoms. The minimum Gasteiger partial charge on any atom is -0.484 e. The lowest BCUT2D eigenvalue weighted by Gasteiger charge is -2.21. The van der Waals surface area contributed by atoms with E-state index < -0.39 is 0 Å². The minimum atomic E-state index is -0.0129. The Hall–Kier alpha value is -1.55. The van der Waals surface area contributed by atoms with Gasteiger partial charge in [-0.25, -0.2) is 0 Å². The van der Waals surface area contributed by atoms with Crippen LogP contribution in [-0.2, 0) is 11.2 Å². The quantitative estimate of drug-likeness (QED) is 0.832. The van der Waals surface area contributed by atoms with Gasteiger partial charge >= 0.3 is 0 Å². The summed E-state index contributed by atoms with van der Waals surface area (Å²) < 4.78 is 5.50. The highest BCUT2D eigenvalue weighted by Crippen LogP contribution is 2.14. The van der Waals surface area contributed by atoms with Crippen molar-refractivity contribution in [3.05, 3.63) is 29.8 Å². The summed E-state index contributed by atoms with van der Waals surface area (Å²) in [5.41, 5.74) is 6.97. The Labute approximate surface area is 121 Å². The molecular weight excluding hydrogens is 252 g/mol. The summed E-state index contributed by atoms with van der Waals surface area (Å²) in [6.45, 7) is 6.04. The first-order valence-corrected chi connectivity index (χ1v) is 7.13. The average Bonchev–Trinajstić information content (AvgIpc) is 2.42. The average molecular weight is 278 g/mol. The first kappa shape index (κ1) is 16.5. The van der Waals surface area contributed by atoms with Crippen LogP contribution < -0.4 is 10.5 Å². The molecule has 1 atom stereocenters. The number of benzene rings is 1. The van der Waals surface area contributed by atoms with Gasteiger partial charge in [-0.1, -0.05) is 12.1 Å². The topological polar surface area (TPSA) is 55.6 Å². The molecule has 1 amide bonds. The van der Waals surface area contributed by atoms with Gasteiger partial charge in [-0.05, 0) is 51.3 Å². The number of hydrogen-bond donors (Lipinski definition) is 1. The van der Waals surface area contributed by atoms with Gasteiger partial charge in [0.05, 0.1) is 0 Å². The summed E-state index contributed by atoms with van der Waals surface area (Å²) in [4.78, 5) is 13.5. The van der Waals surface area contributed by atoms with Crippen LogP contribution >= 0.6 is 0 Å². The number of likely N-dealkylation sites (N-methyl/N-ethyl adjacent to an activating group) is 1. The van der Waals surface area contributed by atoms with Gasteiger partial charge in [0.2, 0.25) is 0 Å². The second-order valence-corrected chi connectivity index (χ2v) is 5.55. The summed E-state index contributed by atoms with van der Waals surface area (Å²) in [6.07, 6.45) is 1.94. The van der Waals surface area contributed by atoms with E-state index in [4.69, 9.17) is 10.5 Å². The molecule has 1 aromatic carbocycles. The van der Waals surface area contributed by atoms with Crippen molar-refractivity contribution in [1.82, 2.24) is 4.90 Å². The van der Waals surface area contributed by atoms with E-state index >= 15 is 0 Å². The molecule has 112 valence electrons. The molecule has 0 aliphatic heterocycles. The fraction of sp³-hybridized carbons (Fsp3) is 0.562. The normalized spacial score (nSPS) is 12.3. The molecule has 0 fully saturated rings. The van der Waals surface area contributed by atoms with Crippen LogP contribution in [-0.4, -0.2) is 36.5 Å². The zero-order valence-electron chi connectivity index (χ0n) is 12.9. The van der Waals surface area contributed by atoms with Crippen molar-refractivity contribution in [3.63, 3.8) is 0 Å². The van der Waals surface area contributed by atoms with Crippen LogP contribution in [0.15, 0.2) is 24.3 Å². The van der Waals surface area contributed by atoms with Crippen molar-refractivity contribution in [1.29, 1.82) is 0 Å². The van der Waals surface area contributed by atoms with Gasteiger partial charge < -0.3 is 15.4 Å². The Bertz CT molecular complexity index is 413. The standard InChI is InChI=1S/C16H26N2O2/c1-12(2)18(4)16(19)11-20-15-9-7-14(8-10-15)6-5-13(3)17/h7-10,12-13H,5-6,11,17H2,1-4H3. The zero-order chi connectivity index (χ0) is 15.1. The Morgan fingerprint density at radius 1 is 1.25 bits per heavy atom. The maximum Gasteiger partial charge on any atom is 0.260 e. The molecule has 0 heterocycles. The van der Waals surface area contributed by atoms with E-state index in [1.807, 2.05) is 45.0 Å². The molecular formula is C16H26N2O2. The Morgan fingerprint density at radius 3 is 2.35 bits per heavy atom. The van der Waals surface area contributed by atoms with Gasteiger partial charge in [0.1, 0.15) is 5.75 Å². The van der Waals surface area contributed by atoms with Crippen molar-refractivity contribution >= 4 is 5.91 Å². The van der Waals surface area contributed by atoms with E-state index in [2.05, 4.69) is 0 Å². The van der Waals surface area contributed by atoms with Gasteiger partial charge in [-0.15, -0.1) is 0 Å². The smallest absolute Gasteiger partial charge is 0.260 e. The molecule has 1 aromatic rings. The summed E-state index contributed by atoms with van der Waals surface area (Å²) in [5, 5.41) is 0. The summed E-state index contributed by atoms with van der Waals surface area (Å²) in [6, 6.07) is 8.25. The highest BCUT2D eigenvalue weighted by Gasteiger charge is 2.12. The van der Waals surface area contributed by atoms with Crippen molar-refractivity contribution in [2.45, 2.75) is 45.7 Å². The minimum absolute atomic E-state index is 0.0129. The van der Waals surface area contributed by atoms with Crippen LogP contribution in [0, 0.1) is 0 Å². The van der Waals surface area contributed by atoms with Crippen LogP contribution in [0.1, 0.15) is 32.8 Å². The van der Waals surface area contributed by atoms with E-state index in [-0.39, 0.29) is 24.6 Å². The lowest BCUT2D eigenvalue weighted by atomic mass is 10.1. The fourth-order valence-corrected chi connectivity index (χ4v) is 1.68. The number of hydrogen-bond acceptors (Lipinski definition) is 3. The molecule has 1 unspecified atom stereocenters. The molecule has 0 spiro atoms. The maximum atomic E-state index is 11.8. The number of carbonyl (C=O) groups excluding carboxylic acids is 1. The van der Waals surface area contributed by atoms with Crippen molar-refractivity contribution in [2.24, 2.45) is 5.73 Å². The second kappa shape index (κ2) is 7.90. The largest absolute Gasteiger partial charge is 0.484 e. The molecule has 1 rings (SSSR count). The van der Waals surface area contributed by atoms with Gasteiger partial charge in [-0.2, -0.15) is 0 Å². The number of nitrogens with zero attached hydrogens (tertiary/aromatic N) is 1. The van der Waals surface area contributed by atoms with Crippen LogP contribution in [0.25, 0.3) is 0 Å². The number of aryl methyl sites for hydroxylation is 1. The van der Waals surface area contributed by atoms with Gasteiger partial charge in [-0.3, -0.25) is 4.79 Å². The van der Waals surface area contributed by atoms with E-state index in [1.54, 1.807) is 11.9 Å². The van der Waals surface area contributed by atoms with Crippen LogP contribution in [0.2, 0.25) is 0 Å². The lowest BCUT2D eigenvalue weighted by Crippen LogP contribution is -2.36. The summed E-state index contributed by atoms with van der Waals surface area (Å²) >= 11 is 0. The molecule has 0 saturated heterocycles. The highest BCUT2D eigenvalue weighted by atomic mass is 16.5. The number of nitrogens with two attached hydrogens (primary N) is 1. The molecule has 4 nitrogen and oxygen atoms in total. The van der Waals surface area contributed by atoms with E-state index in [9.17, 15) is 4.79 Å². The summed E-state index contributed by atoms with van der Waals surface area (Å²) in [7, 11) is 1.79. The molecule has 20 heavy (non-hydrogen) atoms. The SMILES string of the molecule is CC(N)CCc1ccc(OCC(=O)N(C)C(C)C)cc1. The van der Waals surface area contributed by atoms with E-state index in [0.29, 0.717) is 0 Å². The number of carbonyl (C=O) groups is 1. The van der Waals surface area contributed by atoms with Gasteiger partial charge in [0.15, 0.2) is 6.61 Å². The molecule has 0 aliphatic carbocycles. The fourth-order valence-electron chi connectivity index (χ4n) is 1.68. The van der Waals surface area contributed by atoms with Crippen LogP contribution in [0.4, 0.5) is 0 Å². The molecule has 0 saturated carbocycles. The third-order valence-electron chi connectivity index (χ3n) is 3.34. The van der Waals surface area contributed by atoms with Crippen LogP contribution in [0.3, 0.4) is 0 Å². The predicted octanol–water partition coefficient (Wildman–Crippen LogP) is 2.21. The van der Waals surface area contributed by atoms with Gasteiger partial charge in [0, 0.05) is 19.1 Å². The zero-order valence-corrected chi connectivity index (χ0v) is 12.9. The number of rotatable bonds is 7. The number of amides is 1. The van der Waals surface area contributed by atoms with Gasteiger partial charge in [0.25, 0.3) is 5.91 Å². The highest BCUT2D eigenvalue weighted by molar-refractivity contribution is 5.77. The summed E-state index contributed by atoms with van der Waals surface area (Å²) in [5.74, 6) is 0.709. The predicted molar refractivity (Wildman–Crippen MR) is 81.8 cm³/mol. The molecule has 0 radical (unpaired) electrons. The van der Waals surface area contributed by atoms with Crippen molar-refractivity contribution < 1.29 is 9.53 Å². The Balaban J connectivity index is 2.44. The molecule has 2 N–H and O–H groups in total. The number of ether oxygens (including phenoxy) is 1. The van der Waals surface area contributed by atoms with E-state index in [1.165, 1.54) is 5.56 Å². The monoisotopic (exact) mass is 278 g/mol. The second-order valence-electron chi connectivity index (χ2n) is 5.55. The molecule has 0 aromatic heterocycles. The third-order valence-corrected chi connectivity index (χ3v) is 3.34. The first-order chi connectivity index (χ1) is 9.40. The maximum absolute atomic E-state index is 11.8.